The third kappa shape index (κ3) is 1.99. The van der Waals surface area contributed by atoms with Gasteiger partial charge >= 0.3 is 91.4 Å². The van der Waals surface area contributed by atoms with E-state index in [0.717, 1.165) is 0 Å². The van der Waals surface area contributed by atoms with Crippen molar-refractivity contribution in [2.75, 3.05) is 0 Å². The van der Waals surface area contributed by atoms with Crippen LogP contribution < -0.4 is 3.27 Å². The van der Waals surface area contributed by atoms with Crippen LogP contribution in [0.1, 0.15) is 13.8 Å². The molecule has 76 valence electrons. The monoisotopic (exact) mass is 385 g/mol. The van der Waals surface area contributed by atoms with Gasteiger partial charge in [-0.2, -0.15) is 0 Å². The summed E-state index contributed by atoms with van der Waals surface area (Å²) in [5.74, 6) is 0. The maximum atomic E-state index is 9.20. The van der Waals surface area contributed by atoms with Gasteiger partial charge in [0.05, 0.1) is 0 Å². The first kappa shape index (κ1) is 11.7. The van der Waals surface area contributed by atoms with E-state index in [0.29, 0.717) is 0 Å². The number of nitrogens with zero attached hydrogens (tertiary/aromatic N) is 1. The van der Waals surface area contributed by atoms with Crippen LogP contribution in [-0.4, -0.2) is 20.3 Å². The molecule has 0 heterocycles. The van der Waals surface area contributed by atoms with Gasteiger partial charge in [0.25, 0.3) is 0 Å². The first-order valence-corrected chi connectivity index (χ1v) is 16.5. The standard InChI is InChI=1S/C6H5.C4H6N.2CH3.Bi.H/c1-2-4-6-5-3-1;1-4(2)3-5;;;;/h1-5H;1-2H3;2*1H3;;. The number of rotatable bonds is 2. The molecule has 0 fully saturated rings. The first-order valence-electron chi connectivity index (χ1n) is 4.88. The normalized spacial score (nSPS) is 13.4. The second-order valence-corrected chi connectivity index (χ2v) is 24.5. The fraction of sp³-hybridized carbons (Fsp3) is 0.417. The summed E-state index contributed by atoms with van der Waals surface area (Å²) >= 11 is -2.60. The van der Waals surface area contributed by atoms with Crippen LogP contribution in [0.5, 0.6) is 0 Å². The van der Waals surface area contributed by atoms with E-state index in [9.17, 15) is 5.26 Å². The van der Waals surface area contributed by atoms with E-state index in [-0.39, 0.29) is 3.12 Å². The summed E-state index contributed by atoms with van der Waals surface area (Å²) in [7, 11) is 0. The van der Waals surface area contributed by atoms with E-state index in [1.165, 1.54) is 3.27 Å². The third-order valence-electron chi connectivity index (χ3n) is 3.34. The molecule has 0 amide bonds. The molecule has 0 atom stereocenters. The van der Waals surface area contributed by atoms with E-state index in [1.54, 1.807) is 0 Å². The van der Waals surface area contributed by atoms with Crippen LogP contribution >= 0.6 is 0 Å². The minimum absolute atomic E-state index is 0.131. The van der Waals surface area contributed by atoms with Crippen molar-refractivity contribution in [3.63, 3.8) is 0 Å². The molecular weight excluding hydrogens is 367 g/mol. The second-order valence-electron chi connectivity index (χ2n) is 4.73. The van der Waals surface area contributed by atoms with E-state index in [4.69, 9.17) is 0 Å². The second kappa shape index (κ2) is 3.99. The zero-order valence-electron chi connectivity index (χ0n) is 9.33. The molecule has 1 aromatic rings. The molecule has 0 N–H and O–H groups in total. The zero-order valence-corrected chi connectivity index (χ0v) is 13.2. The Balaban J connectivity index is 3.16. The summed E-state index contributed by atoms with van der Waals surface area (Å²) in [4.78, 5) is 0. The van der Waals surface area contributed by atoms with Gasteiger partial charge < -0.3 is 0 Å². The van der Waals surface area contributed by atoms with Gasteiger partial charge in [-0.25, -0.2) is 0 Å². The van der Waals surface area contributed by atoms with Crippen LogP contribution in [0, 0.1) is 11.3 Å². The first-order chi connectivity index (χ1) is 6.42. The Bertz CT molecular complexity index is 346. The zero-order chi connectivity index (χ0) is 10.8. The summed E-state index contributed by atoms with van der Waals surface area (Å²) in [6.45, 7) is 4.17. The van der Waals surface area contributed by atoms with Crippen molar-refractivity contribution < 1.29 is 0 Å². The molecule has 0 aromatic heterocycles. The Morgan fingerprint density at radius 1 is 1.14 bits per heavy atom. The fourth-order valence-corrected chi connectivity index (χ4v) is 9.24. The molecular formula is C12H18BiN. The van der Waals surface area contributed by atoms with Gasteiger partial charge in [-0.3, -0.25) is 0 Å². The molecule has 0 spiro atoms. The molecule has 0 aliphatic heterocycles. The summed E-state index contributed by atoms with van der Waals surface area (Å²) in [5.41, 5.74) is 0. The van der Waals surface area contributed by atoms with Crippen molar-refractivity contribution in [3.05, 3.63) is 30.3 Å². The fourth-order valence-electron chi connectivity index (χ4n) is 1.36. The molecule has 0 bridgehead atoms. The summed E-state index contributed by atoms with van der Waals surface area (Å²) in [6, 6.07) is 13.0. The van der Waals surface area contributed by atoms with Crippen molar-refractivity contribution in [3.8, 4) is 6.07 Å². The van der Waals surface area contributed by atoms with Gasteiger partial charge in [0.15, 0.2) is 0 Å². The van der Waals surface area contributed by atoms with Crippen LogP contribution in [0.2, 0.25) is 12.4 Å². The molecule has 1 nitrogen and oxygen atoms in total. The molecule has 0 aliphatic rings. The molecule has 0 radical (unpaired) electrons. The van der Waals surface area contributed by atoms with Gasteiger partial charge in [0.2, 0.25) is 0 Å². The minimum atomic E-state index is -2.60. The molecule has 0 saturated carbocycles. The van der Waals surface area contributed by atoms with E-state index >= 15 is 0 Å². The van der Waals surface area contributed by atoms with Crippen LogP contribution in [-0.2, 0) is 0 Å². The summed E-state index contributed by atoms with van der Waals surface area (Å²) in [6.07, 6.45) is 0. The summed E-state index contributed by atoms with van der Waals surface area (Å²) < 4.78 is 5.98. The van der Waals surface area contributed by atoms with Gasteiger partial charge in [-0.15, -0.1) is 0 Å². The number of hydrogen-bond donors (Lipinski definition) is 0. The summed E-state index contributed by atoms with van der Waals surface area (Å²) in [5, 5.41) is 9.20. The Labute approximate surface area is 91.2 Å². The maximum absolute atomic E-state index is 9.20. The SMILES string of the molecule is C[C](C)(C#N)[BiH]([CH3])([CH3])[c]1ccccc1. The number of hydrogen-bond acceptors (Lipinski definition) is 1. The van der Waals surface area contributed by atoms with Crippen LogP contribution in [0.15, 0.2) is 30.3 Å². The van der Waals surface area contributed by atoms with Gasteiger partial charge in [0.1, 0.15) is 0 Å². The molecule has 1 aromatic carbocycles. The van der Waals surface area contributed by atoms with Crippen LogP contribution in [0.25, 0.3) is 0 Å². The molecule has 0 unspecified atom stereocenters. The molecule has 0 saturated heterocycles. The average molecular weight is 385 g/mol. The Kier molecular flexibility index (Phi) is 3.33. The van der Waals surface area contributed by atoms with E-state index in [1.807, 2.05) is 6.07 Å². The molecule has 1 rings (SSSR count). The van der Waals surface area contributed by atoms with Crippen molar-refractivity contribution in [1.29, 1.82) is 5.26 Å². The van der Waals surface area contributed by atoms with E-state index < -0.39 is 20.3 Å². The Morgan fingerprint density at radius 3 is 2.07 bits per heavy atom. The molecule has 2 heteroatoms. The number of benzene rings is 1. The van der Waals surface area contributed by atoms with Gasteiger partial charge in [0, 0.05) is 0 Å². The predicted molar refractivity (Wildman–Crippen MR) is 64.6 cm³/mol. The van der Waals surface area contributed by atoms with Crippen molar-refractivity contribution in [2.45, 2.75) is 26.2 Å². The Hall–Kier alpha value is -0.407. The average Bonchev–Trinajstić information content (AvgIpc) is 2.19. The van der Waals surface area contributed by atoms with Crippen molar-refractivity contribution in [1.82, 2.24) is 0 Å². The Morgan fingerprint density at radius 2 is 1.64 bits per heavy atom. The molecule has 14 heavy (non-hydrogen) atoms. The van der Waals surface area contributed by atoms with Gasteiger partial charge in [-0.1, -0.05) is 0 Å². The van der Waals surface area contributed by atoms with Crippen molar-refractivity contribution >= 4 is 23.5 Å². The van der Waals surface area contributed by atoms with Crippen LogP contribution in [0.3, 0.4) is 0 Å². The number of nitriles is 1. The van der Waals surface area contributed by atoms with Gasteiger partial charge in [-0.05, 0) is 0 Å². The quantitative estimate of drug-likeness (QED) is 0.719. The molecule has 0 aliphatic carbocycles. The van der Waals surface area contributed by atoms with Crippen molar-refractivity contribution in [2.24, 2.45) is 0 Å². The van der Waals surface area contributed by atoms with Crippen LogP contribution in [0.4, 0.5) is 0 Å². The third-order valence-corrected chi connectivity index (χ3v) is 22.8. The predicted octanol–water partition coefficient (Wildman–Crippen LogP) is 2.64. The van der Waals surface area contributed by atoms with E-state index in [2.05, 4.69) is 53.4 Å². The topological polar surface area (TPSA) is 23.8 Å².